The number of fused-ring (bicyclic) bond motifs is 16. The predicted molar refractivity (Wildman–Crippen MR) is 271 cm³/mol. The molecule has 12 aromatic rings. The molecule has 0 unspecified atom stereocenters. The first-order valence-electron chi connectivity index (χ1n) is 22.0. The number of anilines is 6. The second-order valence-electron chi connectivity index (χ2n) is 17.2. The zero-order valence-electron chi connectivity index (χ0n) is 34.3. The van der Waals surface area contributed by atoms with Crippen molar-refractivity contribution in [3.8, 4) is 11.1 Å². The molecule has 63 heavy (non-hydrogen) atoms. The predicted octanol–water partition coefficient (Wildman–Crippen LogP) is 14.4. The molecule has 12 aromatic carbocycles. The van der Waals surface area contributed by atoms with Gasteiger partial charge in [0.15, 0.2) is 0 Å². The molecule has 0 amide bonds. The molecule has 0 aliphatic carbocycles. The first-order valence-corrected chi connectivity index (χ1v) is 22.0. The zero-order chi connectivity index (χ0) is 41.2. The smallest absolute Gasteiger partial charge is 0.252 e. The fourth-order valence-electron chi connectivity index (χ4n) is 11.3. The third-order valence-electron chi connectivity index (χ3n) is 14.0. The summed E-state index contributed by atoms with van der Waals surface area (Å²) in [4.78, 5) is 5.14. The third-order valence-corrected chi connectivity index (χ3v) is 14.0. The van der Waals surface area contributed by atoms with Gasteiger partial charge in [0.1, 0.15) is 0 Å². The molecule has 3 heteroatoms. The minimum Gasteiger partial charge on any atom is -0.311 e. The van der Waals surface area contributed by atoms with Gasteiger partial charge < -0.3 is 9.80 Å². The van der Waals surface area contributed by atoms with Crippen LogP contribution in [0.25, 0.3) is 75.8 Å². The largest absolute Gasteiger partial charge is 0.311 e. The Kier molecular flexibility index (Phi) is 7.23. The van der Waals surface area contributed by atoms with Crippen LogP contribution in [0.1, 0.15) is 0 Å². The number of nitrogens with zero attached hydrogens (tertiary/aromatic N) is 2. The second-order valence-corrected chi connectivity index (χ2v) is 17.2. The monoisotopic (exact) mass is 796 g/mol. The second kappa shape index (κ2) is 13.2. The molecule has 2 aliphatic heterocycles. The van der Waals surface area contributed by atoms with Crippen molar-refractivity contribution in [3.05, 3.63) is 224 Å². The molecule has 0 aromatic heterocycles. The number of para-hydroxylation sites is 2. The van der Waals surface area contributed by atoms with Crippen LogP contribution >= 0.6 is 0 Å². The zero-order valence-corrected chi connectivity index (χ0v) is 34.3. The van der Waals surface area contributed by atoms with Gasteiger partial charge in [0.25, 0.3) is 6.71 Å². The SMILES string of the molecule is c1ccc(-c2cc3c4c(c2)N(c2ccccc2)c2c(ccc5c2ccc2c6ccccc6ccc52)B4c2ccc4c(ccc5c6ccccc6ccc45)c2N3c2ccccc2)cc1. The Morgan fingerprint density at radius 2 is 0.635 bits per heavy atom. The van der Waals surface area contributed by atoms with Crippen molar-refractivity contribution in [1.29, 1.82) is 0 Å². The highest BCUT2D eigenvalue weighted by atomic mass is 15.2. The van der Waals surface area contributed by atoms with Crippen LogP contribution in [0.5, 0.6) is 0 Å². The molecule has 0 saturated heterocycles. The summed E-state index contributed by atoms with van der Waals surface area (Å²) in [5.41, 5.74) is 13.5. The molecule has 0 fully saturated rings. The van der Waals surface area contributed by atoms with E-state index in [1.807, 2.05) is 0 Å². The number of rotatable bonds is 3. The maximum atomic E-state index is 2.57. The Morgan fingerprint density at radius 1 is 0.270 bits per heavy atom. The Labute approximate surface area is 365 Å². The van der Waals surface area contributed by atoms with Crippen LogP contribution in [-0.4, -0.2) is 6.71 Å². The van der Waals surface area contributed by atoms with Gasteiger partial charge in [-0.2, -0.15) is 0 Å². The van der Waals surface area contributed by atoms with Crippen LogP contribution in [-0.2, 0) is 0 Å². The summed E-state index contributed by atoms with van der Waals surface area (Å²) in [5, 5.41) is 15.2. The number of hydrogen-bond donors (Lipinski definition) is 0. The van der Waals surface area contributed by atoms with Crippen LogP contribution in [0.15, 0.2) is 224 Å². The first kappa shape index (κ1) is 34.6. The van der Waals surface area contributed by atoms with E-state index in [2.05, 4.69) is 234 Å². The van der Waals surface area contributed by atoms with Crippen molar-refractivity contribution in [2.75, 3.05) is 9.80 Å². The van der Waals surface area contributed by atoms with Crippen molar-refractivity contribution in [1.82, 2.24) is 0 Å². The summed E-state index contributed by atoms with van der Waals surface area (Å²) in [5.74, 6) is 0. The van der Waals surface area contributed by atoms with Crippen LogP contribution in [0.3, 0.4) is 0 Å². The third kappa shape index (κ3) is 4.91. The van der Waals surface area contributed by atoms with Gasteiger partial charge in [-0.1, -0.05) is 188 Å². The fraction of sp³-hybridized carbons (Fsp3) is 0. The normalized spacial score (nSPS) is 13.0. The highest BCUT2D eigenvalue weighted by Gasteiger charge is 2.45. The Hall–Kier alpha value is -8.14. The van der Waals surface area contributed by atoms with Gasteiger partial charge in [-0.3, -0.25) is 0 Å². The molecule has 2 aliphatic rings. The standard InChI is InChI=1S/C60H37BN2/c1-4-14-38(15-5-1)41-36-56-58-57(37-41)63(43-20-8-3-9-21-43)60-53-31-29-47-45-23-13-11-17-40(45)25-27-49(47)51(53)33-35-55(60)61(58)54-34-32-50-48-26-24-39-16-10-12-22-44(39)46(48)28-30-52(50)59(54)62(56)42-18-6-2-7-19-42/h1-37H. The molecule has 2 nitrogen and oxygen atoms in total. The summed E-state index contributed by atoms with van der Waals surface area (Å²) >= 11 is 0. The lowest BCUT2D eigenvalue weighted by Crippen LogP contribution is -2.61. The maximum absolute atomic E-state index is 2.57. The van der Waals surface area contributed by atoms with E-state index in [1.54, 1.807) is 0 Å². The average Bonchev–Trinajstić information content (AvgIpc) is 3.36. The van der Waals surface area contributed by atoms with E-state index in [1.165, 1.54) is 115 Å². The van der Waals surface area contributed by atoms with Gasteiger partial charge >= 0.3 is 0 Å². The van der Waals surface area contributed by atoms with Gasteiger partial charge in [0.05, 0.1) is 0 Å². The highest BCUT2D eigenvalue weighted by molar-refractivity contribution is 7.00. The summed E-state index contributed by atoms with van der Waals surface area (Å²) in [6.45, 7) is -0.0295. The average molecular weight is 797 g/mol. The van der Waals surface area contributed by atoms with Gasteiger partial charge in [0, 0.05) is 44.9 Å². The molecule has 14 rings (SSSR count). The van der Waals surface area contributed by atoms with Gasteiger partial charge in [-0.25, -0.2) is 0 Å². The molecule has 2 heterocycles. The molecule has 0 radical (unpaired) electrons. The molecule has 0 atom stereocenters. The van der Waals surface area contributed by atoms with E-state index in [4.69, 9.17) is 0 Å². The van der Waals surface area contributed by atoms with E-state index in [9.17, 15) is 0 Å². The van der Waals surface area contributed by atoms with E-state index in [-0.39, 0.29) is 6.71 Å². The molecule has 0 bridgehead atoms. The quantitative estimate of drug-likeness (QED) is 0.130. The summed E-state index contributed by atoms with van der Waals surface area (Å²) in [7, 11) is 0. The molecular weight excluding hydrogens is 759 g/mol. The number of hydrogen-bond acceptors (Lipinski definition) is 2. The Morgan fingerprint density at radius 3 is 1.13 bits per heavy atom. The number of benzene rings is 12. The maximum Gasteiger partial charge on any atom is 0.252 e. The highest BCUT2D eigenvalue weighted by Crippen LogP contribution is 2.50. The lowest BCUT2D eigenvalue weighted by molar-refractivity contribution is 1.27. The molecule has 0 N–H and O–H groups in total. The van der Waals surface area contributed by atoms with Crippen LogP contribution < -0.4 is 26.2 Å². The van der Waals surface area contributed by atoms with Crippen LogP contribution in [0.4, 0.5) is 34.1 Å². The molecule has 290 valence electrons. The van der Waals surface area contributed by atoms with E-state index in [0.29, 0.717) is 0 Å². The van der Waals surface area contributed by atoms with Crippen molar-refractivity contribution >= 4 is 122 Å². The Bertz CT molecular complexity index is 3630. The minimum absolute atomic E-state index is 0.0295. The summed E-state index contributed by atoms with van der Waals surface area (Å²) in [6, 6.07) is 83.8. The van der Waals surface area contributed by atoms with Crippen molar-refractivity contribution in [3.63, 3.8) is 0 Å². The van der Waals surface area contributed by atoms with E-state index in [0.717, 1.165) is 11.4 Å². The van der Waals surface area contributed by atoms with Gasteiger partial charge in [0.2, 0.25) is 0 Å². The van der Waals surface area contributed by atoms with Crippen molar-refractivity contribution < 1.29 is 0 Å². The Balaban J connectivity index is 1.15. The molecule has 0 saturated carbocycles. The fourth-order valence-corrected chi connectivity index (χ4v) is 11.3. The van der Waals surface area contributed by atoms with Crippen molar-refractivity contribution in [2.24, 2.45) is 0 Å². The lowest BCUT2D eigenvalue weighted by Gasteiger charge is -2.45. The van der Waals surface area contributed by atoms with Gasteiger partial charge in [-0.05, 0) is 118 Å². The van der Waals surface area contributed by atoms with E-state index >= 15 is 0 Å². The molecular formula is C60H37BN2. The first-order chi connectivity index (χ1) is 31.3. The van der Waals surface area contributed by atoms with Crippen LogP contribution in [0, 0.1) is 0 Å². The summed E-state index contributed by atoms with van der Waals surface area (Å²) < 4.78 is 0. The molecule has 0 spiro atoms. The van der Waals surface area contributed by atoms with Gasteiger partial charge in [-0.15, -0.1) is 0 Å². The van der Waals surface area contributed by atoms with E-state index < -0.39 is 0 Å². The van der Waals surface area contributed by atoms with Crippen molar-refractivity contribution in [2.45, 2.75) is 0 Å². The minimum atomic E-state index is -0.0295. The topological polar surface area (TPSA) is 6.48 Å². The lowest BCUT2D eigenvalue weighted by atomic mass is 9.33. The van der Waals surface area contributed by atoms with Crippen LogP contribution in [0.2, 0.25) is 0 Å². The summed E-state index contributed by atoms with van der Waals surface area (Å²) in [6.07, 6.45) is 0.